The molecule has 17 heavy (non-hydrogen) atoms. The van der Waals surface area contributed by atoms with E-state index in [1.54, 1.807) is 0 Å². The van der Waals surface area contributed by atoms with Gasteiger partial charge in [0.2, 0.25) is 5.96 Å². The third kappa shape index (κ3) is 8.24. The predicted molar refractivity (Wildman–Crippen MR) is 61.1 cm³/mol. The van der Waals surface area contributed by atoms with Crippen LogP contribution in [0, 0.1) is 0 Å². The van der Waals surface area contributed by atoms with Gasteiger partial charge >= 0.3 is 11.9 Å². The van der Waals surface area contributed by atoms with Crippen LogP contribution in [0.15, 0.2) is 35.4 Å². The van der Waals surface area contributed by atoms with Crippen molar-refractivity contribution in [2.24, 2.45) is 16.6 Å². The molecule has 0 fully saturated rings. The summed E-state index contributed by atoms with van der Waals surface area (Å²) in [6.07, 6.45) is 0. The summed E-state index contributed by atoms with van der Waals surface area (Å²) in [5.41, 5.74) is 13.8. The number of carboxylic acid groups (broad SMARTS) is 2. The van der Waals surface area contributed by atoms with Crippen LogP contribution in [0.4, 0.5) is 5.69 Å². The summed E-state index contributed by atoms with van der Waals surface area (Å²) in [7, 11) is 0. The largest absolute Gasteiger partial charge is 0.473 e. The van der Waals surface area contributed by atoms with E-state index >= 15 is 0 Å². The van der Waals surface area contributed by atoms with Gasteiger partial charge in [0.25, 0.3) is 0 Å². The molecule has 1 aromatic rings. The highest BCUT2D eigenvalue weighted by Crippen LogP contribution is 2.03. The zero-order chi connectivity index (χ0) is 13.3. The van der Waals surface area contributed by atoms with Crippen LogP contribution >= 0.6 is 0 Å². The van der Waals surface area contributed by atoms with E-state index in [9.17, 15) is 0 Å². The Bertz CT molecular complexity index is 389. The number of nitrogens with one attached hydrogen (secondary N) is 1. The monoisotopic (exact) mass is 240 g/mol. The number of hydrazone groups is 1. The molecule has 0 aromatic heterocycles. The van der Waals surface area contributed by atoms with Gasteiger partial charge in [-0.3, -0.25) is 5.43 Å². The van der Waals surface area contributed by atoms with Crippen LogP contribution in [0.2, 0.25) is 0 Å². The average molecular weight is 240 g/mol. The fraction of sp³-hybridized carbons (Fsp3) is 0. The molecule has 0 aliphatic heterocycles. The van der Waals surface area contributed by atoms with E-state index in [1.807, 2.05) is 30.3 Å². The summed E-state index contributed by atoms with van der Waals surface area (Å²) in [4.78, 5) is 18.2. The minimum absolute atomic E-state index is 0.0221. The number of hydrogen-bond acceptors (Lipinski definition) is 4. The Labute approximate surface area is 96.5 Å². The molecule has 8 heteroatoms. The molecule has 92 valence electrons. The number of aliphatic carboxylic acids is 2. The number of anilines is 1. The number of carbonyl (C=O) groups is 2. The Hall–Kier alpha value is -2.77. The molecule has 1 rings (SSSR count). The minimum atomic E-state index is -1.82. The Kier molecular flexibility index (Phi) is 6.29. The smallest absolute Gasteiger partial charge is 0.414 e. The van der Waals surface area contributed by atoms with E-state index < -0.39 is 11.9 Å². The highest BCUT2D eigenvalue weighted by molar-refractivity contribution is 6.27. The van der Waals surface area contributed by atoms with Gasteiger partial charge in [-0.1, -0.05) is 18.2 Å². The van der Waals surface area contributed by atoms with Crippen molar-refractivity contribution in [3.63, 3.8) is 0 Å². The average Bonchev–Trinajstić information content (AvgIpc) is 2.28. The number of benzene rings is 1. The van der Waals surface area contributed by atoms with Gasteiger partial charge in [0.05, 0.1) is 5.69 Å². The van der Waals surface area contributed by atoms with Crippen molar-refractivity contribution in [3.8, 4) is 0 Å². The van der Waals surface area contributed by atoms with Crippen LogP contribution in [0.5, 0.6) is 0 Å². The Morgan fingerprint density at radius 1 is 1.06 bits per heavy atom. The lowest BCUT2D eigenvalue weighted by molar-refractivity contribution is -0.159. The van der Waals surface area contributed by atoms with Gasteiger partial charge in [-0.15, -0.1) is 5.10 Å². The maximum absolute atomic E-state index is 9.10. The number of rotatable bonds is 2. The lowest BCUT2D eigenvalue weighted by Crippen LogP contribution is -2.23. The van der Waals surface area contributed by atoms with Crippen LogP contribution in [0.25, 0.3) is 0 Å². The van der Waals surface area contributed by atoms with E-state index in [1.165, 1.54) is 0 Å². The molecule has 0 bridgehead atoms. The summed E-state index contributed by atoms with van der Waals surface area (Å²) in [5, 5.41) is 18.4. The van der Waals surface area contributed by atoms with E-state index in [2.05, 4.69) is 10.5 Å². The lowest BCUT2D eigenvalue weighted by Gasteiger charge is -1.97. The van der Waals surface area contributed by atoms with Crippen molar-refractivity contribution in [2.45, 2.75) is 0 Å². The number of hydrogen-bond donors (Lipinski definition) is 5. The second-order valence-electron chi connectivity index (χ2n) is 2.62. The number of para-hydroxylation sites is 1. The number of guanidine groups is 1. The molecule has 0 atom stereocenters. The maximum atomic E-state index is 9.10. The predicted octanol–water partition coefficient (Wildman–Crippen LogP) is -0.558. The third-order valence-corrected chi connectivity index (χ3v) is 1.27. The molecule has 8 nitrogen and oxygen atoms in total. The van der Waals surface area contributed by atoms with Gasteiger partial charge in [-0.05, 0) is 12.1 Å². The molecule has 0 radical (unpaired) electrons. The zero-order valence-electron chi connectivity index (χ0n) is 8.70. The first-order chi connectivity index (χ1) is 7.93. The number of carboxylic acids is 2. The minimum Gasteiger partial charge on any atom is -0.473 e. The number of nitrogens with two attached hydrogens (primary N) is 2. The summed E-state index contributed by atoms with van der Waals surface area (Å²) in [5.74, 6) is -3.63. The molecular weight excluding hydrogens is 228 g/mol. The van der Waals surface area contributed by atoms with Crippen LogP contribution in [-0.4, -0.2) is 28.1 Å². The van der Waals surface area contributed by atoms with E-state index in [0.29, 0.717) is 0 Å². The molecule has 0 heterocycles. The molecule has 0 amide bonds. The highest BCUT2D eigenvalue weighted by atomic mass is 16.4. The van der Waals surface area contributed by atoms with Crippen LogP contribution in [-0.2, 0) is 9.59 Å². The van der Waals surface area contributed by atoms with Crippen LogP contribution in [0.3, 0.4) is 0 Å². The summed E-state index contributed by atoms with van der Waals surface area (Å²) >= 11 is 0. The molecule has 0 aliphatic carbocycles. The summed E-state index contributed by atoms with van der Waals surface area (Å²) < 4.78 is 0. The van der Waals surface area contributed by atoms with Crippen LogP contribution in [0.1, 0.15) is 0 Å². The van der Waals surface area contributed by atoms with E-state index in [-0.39, 0.29) is 5.96 Å². The molecule has 7 N–H and O–H groups in total. The van der Waals surface area contributed by atoms with Crippen molar-refractivity contribution in [1.82, 2.24) is 0 Å². The molecule has 0 aliphatic rings. The fourth-order valence-corrected chi connectivity index (χ4v) is 0.642. The molecule has 0 unspecified atom stereocenters. The van der Waals surface area contributed by atoms with Gasteiger partial charge in [-0.2, -0.15) is 0 Å². The molecule has 0 spiro atoms. The maximum Gasteiger partial charge on any atom is 0.414 e. The Balaban J connectivity index is 0.000000366. The van der Waals surface area contributed by atoms with Crippen molar-refractivity contribution >= 4 is 23.6 Å². The van der Waals surface area contributed by atoms with Gasteiger partial charge in [0.1, 0.15) is 0 Å². The van der Waals surface area contributed by atoms with Crippen LogP contribution < -0.4 is 16.9 Å². The molecular formula is C9H12N4O4. The SMILES string of the molecule is NC(N)=NNc1ccccc1.O=C(O)C(=O)O. The first-order valence-electron chi connectivity index (χ1n) is 4.29. The lowest BCUT2D eigenvalue weighted by atomic mass is 10.3. The van der Waals surface area contributed by atoms with Gasteiger partial charge in [0, 0.05) is 0 Å². The van der Waals surface area contributed by atoms with Gasteiger partial charge < -0.3 is 21.7 Å². The van der Waals surface area contributed by atoms with Crippen molar-refractivity contribution in [2.75, 3.05) is 5.43 Å². The third-order valence-electron chi connectivity index (χ3n) is 1.27. The summed E-state index contributed by atoms with van der Waals surface area (Å²) in [6.45, 7) is 0. The zero-order valence-corrected chi connectivity index (χ0v) is 8.70. The molecule has 1 aromatic carbocycles. The second kappa shape index (κ2) is 7.51. The highest BCUT2D eigenvalue weighted by Gasteiger charge is 2.04. The molecule has 0 saturated heterocycles. The molecule has 0 saturated carbocycles. The first kappa shape index (κ1) is 14.2. The standard InChI is InChI=1S/C7H10N4.C2H2O4/c8-7(9)11-10-6-4-2-1-3-5-6;3-1(4)2(5)6/h1-5,10H,(H4,8,9,11);(H,3,4)(H,5,6). The first-order valence-corrected chi connectivity index (χ1v) is 4.29. The normalized spacial score (nSPS) is 8.24. The topological polar surface area (TPSA) is 151 Å². The summed E-state index contributed by atoms with van der Waals surface area (Å²) in [6, 6.07) is 9.44. The Morgan fingerprint density at radius 2 is 1.53 bits per heavy atom. The van der Waals surface area contributed by atoms with E-state index in [4.69, 9.17) is 31.3 Å². The van der Waals surface area contributed by atoms with Crippen molar-refractivity contribution in [1.29, 1.82) is 0 Å². The van der Waals surface area contributed by atoms with Gasteiger partial charge in [0.15, 0.2) is 0 Å². The Morgan fingerprint density at radius 3 is 1.88 bits per heavy atom. The fourth-order valence-electron chi connectivity index (χ4n) is 0.642. The van der Waals surface area contributed by atoms with Crippen molar-refractivity contribution in [3.05, 3.63) is 30.3 Å². The van der Waals surface area contributed by atoms with Gasteiger partial charge in [-0.25, -0.2) is 9.59 Å². The number of nitrogens with zero attached hydrogens (tertiary/aromatic N) is 1. The quantitative estimate of drug-likeness (QED) is 0.201. The van der Waals surface area contributed by atoms with Crippen molar-refractivity contribution < 1.29 is 19.8 Å². The van der Waals surface area contributed by atoms with E-state index in [0.717, 1.165) is 5.69 Å². The second-order valence-corrected chi connectivity index (χ2v) is 2.62.